The van der Waals surface area contributed by atoms with Crippen LogP contribution in [-0.4, -0.2) is 48.8 Å². The summed E-state index contributed by atoms with van der Waals surface area (Å²) in [6, 6.07) is 0.199. The van der Waals surface area contributed by atoms with E-state index in [0.29, 0.717) is 19.8 Å². The summed E-state index contributed by atoms with van der Waals surface area (Å²) >= 11 is 0. The number of carbonyl (C=O) groups is 1. The SMILES string of the molecule is O=CN(CCO)C1COC1. The Morgan fingerprint density at radius 1 is 1.70 bits per heavy atom. The number of carbonyl (C=O) groups excluding carboxylic acids is 1. The summed E-state index contributed by atoms with van der Waals surface area (Å²) in [4.78, 5) is 11.8. The lowest BCUT2D eigenvalue weighted by Gasteiger charge is -2.34. The Morgan fingerprint density at radius 2 is 2.40 bits per heavy atom. The molecule has 0 aromatic heterocycles. The van der Waals surface area contributed by atoms with Crippen LogP contribution in [0, 0.1) is 0 Å². The predicted octanol–water partition coefficient (Wildman–Crippen LogP) is -1.16. The van der Waals surface area contributed by atoms with Crippen molar-refractivity contribution in [2.24, 2.45) is 0 Å². The van der Waals surface area contributed by atoms with Gasteiger partial charge in [-0.05, 0) is 0 Å². The van der Waals surface area contributed by atoms with Gasteiger partial charge in [0.15, 0.2) is 0 Å². The van der Waals surface area contributed by atoms with Gasteiger partial charge in [0.05, 0.1) is 25.9 Å². The van der Waals surface area contributed by atoms with Gasteiger partial charge in [0.1, 0.15) is 0 Å². The summed E-state index contributed by atoms with van der Waals surface area (Å²) in [7, 11) is 0. The molecule has 0 unspecified atom stereocenters. The van der Waals surface area contributed by atoms with E-state index in [1.807, 2.05) is 0 Å². The van der Waals surface area contributed by atoms with Crippen molar-refractivity contribution in [1.29, 1.82) is 0 Å². The molecule has 0 atom stereocenters. The molecule has 0 saturated carbocycles. The molecule has 10 heavy (non-hydrogen) atoms. The van der Waals surface area contributed by atoms with Crippen LogP contribution in [0.15, 0.2) is 0 Å². The maximum atomic E-state index is 10.3. The first-order valence-electron chi connectivity index (χ1n) is 3.28. The molecule has 1 rings (SSSR count). The Balaban J connectivity index is 2.24. The fourth-order valence-corrected chi connectivity index (χ4v) is 0.852. The number of aliphatic hydroxyl groups excluding tert-OH is 1. The second-order valence-corrected chi connectivity index (χ2v) is 2.26. The van der Waals surface area contributed by atoms with E-state index < -0.39 is 0 Å². The van der Waals surface area contributed by atoms with Gasteiger partial charge in [0.25, 0.3) is 0 Å². The maximum Gasteiger partial charge on any atom is 0.210 e. The number of hydrogen-bond donors (Lipinski definition) is 1. The number of aliphatic hydroxyl groups is 1. The van der Waals surface area contributed by atoms with Crippen molar-refractivity contribution in [3.8, 4) is 0 Å². The standard InChI is InChI=1S/C6H11NO3/c8-2-1-7(5-9)6-3-10-4-6/h5-6,8H,1-4H2. The molecule has 0 bridgehead atoms. The van der Waals surface area contributed by atoms with Crippen molar-refractivity contribution in [2.45, 2.75) is 6.04 Å². The minimum atomic E-state index is 0.0231. The zero-order valence-corrected chi connectivity index (χ0v) is 5.69. The van der Waals surface area contributed by atoms with Gasteiger partial charge in [-0.2, -0.15) is 0 Å². The molecule has 0 radical (unpaired) electrons. The van der Waals surface area contributed by atoms with Crippen molar-refractivity contribution >= 4 is 6.41 Å². The average molecular weight is 145 g/mol. The quantitative estimate of drug-likeness (QED) is 0.507. The Labute approximate surface area is 59.4 Å². The lowest BCUT2D eigenvalue weighted by Crippen LogP contribution is -2.49. The molecule has 1 saturated heterocycles. The van der Waals surface area contributed by atoms with Crippen LogP contribution in [0.2, 0.25) is 0 Å². The summed E-state index contributed by atoms with van der Waals surface area (Å²) in [6.07, 6.45) is 0.753. The van der Waals surface area contributed by atoms with Gasteiger partial charge in [-0.1, -0.05) is 0 Å². The normalized spacial score (nSPS) is 18.1. The predicted molar refractivity (Wildman–Crippen MR) is 34.5 cm³/mol. The molecule has 58 valence electrons. The number of ether oxygens (including phenoxy) is 1. The largest absolute Gasteiger partial charge is 0.395 e. The van der Waals surface area contributed by atoms with Crippen LogP contribution in [-0.2, 0) is 9.53 Å². The summed E-state index contributed by atoms with van der Waals surface area (Å²) < 4.78 is 4.88. The van der Waals surface area contributed by atoms with Crippen molar-refractivity contribution in [2.75, 3.05) is 26.4 Å². The lowest BCUT2D eigenvalue weighted by atomic mass is 10.2. The molecule has 1 aliphatic rings. The summed E-state index contributed by atoms with van der Waals surface area (Å²) in [5, 5.41) is 8.49. The fraction of sp³-hybridized carbons (Fsp3) is 0.833. The Bertz CT molecular complexity index is 114. The third-order valence-electron chi connectivity index (χ3n) is 1.58. The van der Waals surface area contributed by atoms with Gasteiger partial charge < -0.3 is 14.7 Å². The Morgan fingerprint density at radius 3 is 2.70 bits per heavy atom. The van der Waals surface area contributed by atoms with Crippen molar-refractivity contribution in [3.05, 3.63) is 0 Å². The van der Waals surface area contributed by atoms with Crippen LogP contribution in [0.5, 0.6) is 0 Å². The van der Waals surface area contributed by atoms with E-state index in [4.69, 9.17) is 9.84 Å². The van der Waals surface area contributed by atoms with Crippen LogP contribution in [0.1, 0.15) is 0 Å². The molecule has 1 heterocycles. The third kappa shape index (κ3) is 1.46. The summed E-state index contributed by atoms with van der Waals surface area (Å²) in [5.41, 5.74) is 0. The first-order valence-corrected chi connectivity index (χ1v) is 3.28. The molecule has 0 aromatic rings. The van der Waals surface area contributed by atoms with Gasteiger partial charge in [-0.3, -0.25) is 4.79 Å². The highest BCUT2D eigenvalue weighted by atomic mass is 16.5. The number of amides is 1. The topological polar surface area (TPSA) is 49.8 Å². The maximum absolute atomic E-state index is 10.3. The van der Waals surface area contributed by atoms with Crippen LogP contribution in [0.3, 0.4) is 0 Å². The molecular weight excluding hydrogens is 134 g/mol. The molecule has 1 aliphatic heterocycles. The van der Waals surface area contributed by atoms with Crippen molar-refractivity contribution in [1.82, 2.24) is 4.90 Å². The first-order chi connectivity index (χ1) is 4.88. The molecule has 4 heteroatoms. The molecule has 0 aliphatic carbocycles. The van der Waals surface area contributed by atoms with Gasteiger partial charge in [0, 0.05) is 6.54 Å². The third-order valence-corrected chi connectivity index (χ3v) is 1.58. The smallest absolute Gasteiger partial charge is 0.210 e. The molecule has 1 fully saturated rings. The van der Waals surface area contributed by atoms with Crippen LogP contribution < -0.4 is 0 Å². The second kappa shape index (κ2) is 3.53. The molecule has 1 amide bonds. The van der Waals surface area contributed by atoms with E-state index in [0.717, 1.165) is 6.41 Å². The van der Waals surface area contributed by atoms with Crippen molar-refractivity contribution < 1.29 is 14.6 Å². The minimum absolute atomic E-state index is 0.0231. The van der Waals surface area contributed by atoms with E-state index in [1.165, 1.54) is 0 Å². The molecule has 0 spiro atoms. The highest BCUT2D eigenvalue weighted by Crippen LogP contribution is 2.06. The van der Waals surface area contributed by atoms with Gasteiger partial charge in [-0.25, -0.2) is 0 Å². The minimum Gasteiger partial charge on any atom is -0.395 e. The number of hydrogen-bond acceptors (Lipinski definition) is 3. The monoisotopic (exact) mass is 145 g/mol. The van der Waals surface area contributed by atoms with E-state index in [9.17, 15) is 4.79 Å². The van der Waals surface area contributed by atoms with Gasteiger partial charge in [-0.15, -0.1) is 0 Å². The molecule has 1 N–H and O–H groups in total. The van der Waals surface area contributed by atoms with Gasteiger partial charge >= 0.3 is 0 Å². The average Bonchev–Trinajstić information content (AvgIpc) is 1.83. The zero-order chi connectivity index (χ0) is 7.40. The van der Waals surface area contributed by atoms with E-state index in [2.05, 4.69) is 0 Å². The number of rotatable bonds is 4. The fourth-order valence-electron chi connectivity index (χ4n) is 0.852. The van der Waals surface area contributed by atoms with Crippen LogP contribution in [0.25, 0.3) is 0 Å². The van der Waals surface area contributed by atoms with Crippen LogP contribution in [0.4, 0.5) is 0 Å². The summed E-state index contributed by atoms with van der Waals surface area (Å²) in [5.74, 6) is 0. The summed E-state index contributed by atoms with van der Waals surface area (Å²) in [6.45, 7) is 1.66. The second-order valence-electron chi connectivity index (χ2n) is 2.26. The van der Waals surface area contributed by atoms with E-state index >= 15 is 0 Å². The van der Waals surface area contributed by atoms with Crippen molar-refractivity contribution in [3.63, 3.8) is 0 Å². The zero-order valence-electron chi connectivity index (χ0n) is 5.69. The highest BCUT2D eigenvalue weighted by Gasteiger charge is 2.23. The van der Waals surface area contributed by atoms with E-state index in [1.54, 1.807) is 4.90 Å². The van der Waals surface area contributed by atoms with Crippen LogP contribution >= 0.6 is 0 Å². The highest BCUT2D eigenvalue weighted by molar-refractivity contribution is 5.48. The molecular formula is C6H11NO3. The lowest BCUT2D eigenvalue weighted by molar-refractivity contribution is -0.131. The first kappa shape index (κ1) is 7.50. The molecule has 4 nitrogen and oxygen atoms in total. The van der Waals surface area contributed by atoms with E-state index in [-0.39, 0.29) is 12.6 Å². The van der Waals surface area contributed by atoms with Gasteiger partial charge in [0.2, 0.25) is 6.41 Å². The Hall–Kier alpha value is -0.610. The molecule has 0 aromatic carbocycles. The Kier molecular flexibility index (Phi) is 2.65. The number of nitrogens with zero attached hydrogens (tertiary/aromatic N) is 1.